The Morgan fingerprint density at radius 3 is 3.04 bits per heavy atom. The van der Waals surface area contributed by atoms with Gasteiger partial charge >= 0.3 is 0 Å². The molecule has 4 rings (SSSR count). The summed E-state index contributed by atoms with van der Waals surface area (Å²) in [5.41, 5.74) is 1.05. The van der Waals surface area contributed by atoms with E-state index in [1.54, 1.807) is 6.20 Å². The van der Waals surface area contributed by atoms with Gasteiger partial charge in [-0.15, -0.1) is 0 Å². The SMILES string of the molecule is O=C(C1CC=CC1)N1C[C@@H](OCc2cccnc2)[C@H]2OCCC[C@H]21. The Hall–Kier alpha value is -1.72. The fourth-order valence-electron chi connectivity index (χ4n) is 4.05. The van der Waals surface area contributed by atoms with Crippen molar-refractivity contribution in [2.24, 2.45) is 5.92 Å². The van der Waals surface area contributed by atoms with Gasteiger partial charge in [0.25, 0.3) is 0 Å². The fraction of sp³-hybridized carbons (Fsp3) is 0.579. The number of pyridine rings is 1. The highest BCUT2D eigenvalue weighted by molar-refractivity contribution is 5.80. The molecule has 3 aliphatic rings. The second-order valence-electron chi connectivity index (χ2n) is 6.89. The van der Waals surface area contributed by atoms with Crippen LogP contribution in [-0.4, -0.2) is 47.2 Å². The van der Waals surface area contributed by atoms with E-state index in [1.807, 2.05) is 23.2 Å². The molecule has 1 amide bonds. The molecule has 0 saturated carbocycles. The van der Waals surface area contributed by atoms with Crippen LogP contribution in [0.4, 0.5) is 0 Å². The first kappa shape index (κ1) is 15.8. The van der Waals surface area contributed by atoms with Gasteiger partial charge in [-0.25, -0.2) is 0 Å². The largest absolute Gasteiger partial charge is 0.373 e. The molecule has 3 heterocycles. The summed E-state index contributed by atoms with van der Waals surface area (Å²) in [5.74, 6) is 0.387. The minimum Gasteiger partial charge on any atom is -0.373 e. The van der Waals surface area contributed by atoms with Crippen LogP contribution in [0.5, 0.6) is 0 Å². The molecule has 2 saturated heterocycles. The number of amides is 1. The lowest BCUT2D eigenvalue weighted by molar-refractivity contribution is -0.138. The van der Waals surface area contributed by atoms with Crippen molar-refractivity contribution < 1.29 is 14.3 Å². The monoisotopic (exact) mass is 328 g/mol. The molecule has 0 radical (unpaired) electrons. The van der Waals surface area contributed by atoms with Gasteiger partial charge in [-0.3, -0.25) is 9.78 Å². The summed E-state index contributed by atoms with van der Waals surface area (Å²) in [4.78, 5) is 19.0. The number of hydrogen-bond acceptors (Lipinski definition) is 4. The van der Waals surface area contributed by atoms with Crippen molar-refractivity contribution in [3.05, 3.63) is 42.2 Å². The number of hydrogen-bond donors (Lipinski definition) is 0. The Bertz CT molecular complexity index is 596. The van der Waals surface area contributed by atoms with Crippen LogP contribution in [-0.2, 0) is 20.9 Å². The molecule has 0 aromatic carbocycles. The number of nitrogens with zero attached hydrogens (tertiary/aromatic N) is 2. The summed E-state index contributed by atoms with van der Waals surface area (Å²) >= 11 is 0. The molecule has 0 spiro atoms. The first-order valence-electron chi connectivity index (χ1n) is 8.90. The van der Waals surface area contributed by atoms with Crippen molar-refractivity contribution >= 4 is 5.91 Å². The van der Waals surface area contributed by atoms with E-state index in [4.69, 9.17) is 9.47 Å². The number of ether oxygens (including phenoxy) is 2. The number of fused-ring (bicyclic) bond motifs is 1. The van der Waals surface area contributed by atoms with Crippen LogP contribution in [0.1, 0.15) is 31.2 Å². The van der Waals surface area contributed by atoms with Crippen LogP contribution >= 0.6 is 0 Å². The predicted octanol–water partition coefficient (Wildman–Crippen LogP) is 2.32. The van der Waals surface area contributed by atoms with Gasteiger partial charge in [0.05, 0.1) is 12.6 Å². The van der Waals surface area contributed by atoms with Gasteiger partial charge in [0.15, 0.2) is 0 Å². The number of likely N-dealkylation sites (tertiary alicyclic amines) is 1. The minimum absolute atomic E-state index is 0.00809. The third kappa shape index (κ3) is 3.10. The summed E-state index contributed by atoms with van der Waals surface area (Å²) in [6, 6.07) is 4.09. The zero-order chi connectivity index (χ0) is 16.4. The maximum Gasteiger partial charge on any atom is 0.226 e. The summed E-state index contributed by atoms with van der Waals surface area (Å²) in [5, 5.41) is 0. The third-order valence-electron chi connectivity index (χ3n) is 5.30. The molecule has 128 valence electrons. The number of aromatic nitrogens is 1. The van der Waals surface area contributed by atoms with Gasteiger partial charge in [-0.1, -0.05) is 18.2 Å². The smallest absolute Gasteiger partial charge is 0.226 e. The van der Waals surface area contributed by atoms with E-state index in [9.17, 15) is 4.79 Å². The third-order valence-corrected chi connectivity index (χ3v) is 5.30. The normalized spacial score (nSPS) is 29.8. The molecule has 24 heavy (non-hydrogen) atoms. The highest BCUT2D eigenvalue weighted by Crippen LogP contribution is 2.33. The summed E-state index contributed by atoms with van der Waals surface area (Å²) in [6.07, 6.45) is 11.5. The van der Waals surface area contributed by atoms with Crippen molar-refractivity contribution in [2.75, 3.05) is 13.2 Å². The molecule has 0 N–H and O–H groups in total. The van der Waals surface area contributed by atoms with E-state index in [0.29, 0.717) is 13.2 Å². The molecular formula is C19H24N2O3. The van der Waals surface area contributed by atoms with Crippen LogP contribution in [0, 0.1) is 5.92 Å². The standard InChI is InChI=1S/C19H24N2O3/c22-19(15-6-1-2-7-15)21-12-17(18-16(21)8-4-10-23-18)24-13-14-5-3-9-20-11-14/h1-3,5,9,11,15-18H,4,6-8,10,12-13H2/t16-,17-,18+/m1/s1. The lowest BCUT2D eigenvalue weighted by Gasteiger charge is -2.33. The molecule has 2 fully saturated rings. The first-order valence-corrected chi connectivity index (χ1v) is 8.90. The highest BCUT2D eigenvalue weighted by Gasteiger charge is 2.47. The molecule has 0 unspecified atom stereocenters. The Morgan fingerprint density at radius 1 is 1.38 bits per heavy atom. The second kappa shape index (κ2) is 7.03. The summed E-state index contributed by atoms with van der Waals surface area (Å²) in [6.45, 7) is 1.92. The average Bonchev–Trinajstić information content (AvgIpc) is 3.29. The summed E-state index contributed by atoms with van der Waals surface area (Å²) < 4.78 is 12.1. The van der Waals surface area contributed by atoms with Gasteiger partial charge in [-0.2, -0.15) is 0 Å². The van der Waals surface area contributed by atoms with Gasteiger partial charge < -0.3 is 14.4 Å². The minimum atomic E-state index is -0.0474. The van der Waals surface area contributed by atoms with Crippen LogP contribution < -0.4 is 0 Å². The molecule has 3 atom stereocenters. The van der Waals surface area contributed by atoms with Crippen LogP contribution in [0.2, 0.25) is 0 Å². The van der Waals surface area contributed by atoms with Gasteiger partial charge in [0.2, 0.25) is 5.91 Å². The Morgan fingerprint density at radius 2 is 2.25 bits per heavy atom. The Kier molecular flexibility index (Phi) is 4.63. The maximum atomic E-state index is 12.9. The van der Waals surface area contributed by atoms with E-state index in [2.05, 4.69) is 17.1 Å². The van der Waals surface area contributed by atoms with Crippen LogP contribution in [0.3, 0.4) is 0 Å². The molecule has 2 aliphatic heterocycles. The zero-order valence-electron chi connectivity index (χ0n) is 13.8. The molecule has 5 heteroatoms. The average molecular weight is 328 g/mol. The quantitative estimate of drug-likeness (QED) is 0.796. The van der Waals surface area contributed by atoms with Gasteiger partial charge in [0, 0.05) is 31.5 Å². The molecule has 0 bridgehead atoms. The van der Waals surface area contributed by atoms with E-state index in [0.717, 1.165) is 37.9 Å². The van der Waals surface area contributed by atoms with Crippen molar-refractivity contribution in [3.63, 3.8) is 0 Å². The second-order valence-corrected chi connectivity index (χ2v) is 6.89. The van der Waals surface area contributed by atoms with Crippen LogP contribution in [0.25, 0.3) is 0 Å². The fourth-order valence-corrected chi connectivity index (χ4v) is 4.05. The highest BCUT2D eigenvalue weighted by atomic mass is 16.5. The molecule has 1 aliphatic carbocycles. The molecular weight excluding hydrogens is 304 g/mol. The number of carbonyl (C=O) groups excluding carboxylic acids is 1. The lowest BCUT2D eigenvalue weighted by Crippen LogP contribution is -2.45. The van der Waals surface area contributed by atoms with Crippen molar-refractivity contribution in [2.45, 2.75) is 50.5 Å². The lowest BCUT2D eigenvalue weighted by atomic mass is 10.0. The number of rotatable bonds is 4. The van der Waals surface area contributed by atoms with Gasteiger partial charge in [0.1, 0.15) is 12.2 Å². The molecule has 1 aromatic rings. The Labute approximate surface area is 142 Å². The molecule has 5 nitrogen and oxygen atoms in total. The topological polar surface area (TPSA) is 51.7 Å². The van der Waals surface area contributed by atoms with Crippen molar-refractivity contribution in [3.8, 4) is 0 Å². The van der Waals surface area contributed by atoms with Crippen molar-refractivity contribution in [1.29, 1.82) is 0 Å². The Balaban J connectivity index is 1.43. The van der Waals surface area contributed by atoms with E-state index in [1.165, 1.54) is 0 Å². The van der Waals surface area contributed by atoms with E-state index in [-0.39, 0.29) is 30.1 Å². The first-order chi connectivity index (χ1) is 11.8. The number of allylic oxidation sites excluding steroid dienone is 2. The van der Waals surface area contributed by atoms with Crippen molar-refractivity contribution in [1.82, 2.24) is 9.88 Å². The van der Waals surface area contributed by atoms with Crippen LogP contribution in [0.15, 0.2) is 36.7 Å². The maximum absolute atomic E-state index is 12.9. The van der Waals surface area contributed by atoms with Gasteiger partial charge in [-0.05, 0) is 37.3 Å². The van der Waals surface area contributed by atoms with E-state index < -0.39 is 0 Å². The molecule has 1 aromatic heterocycles. The zero-order valence-corrected chi connectivity index (χ0v) is 13.8. The van der Waals surface area contributed by atoms with E-state index >= 15 is 0 Å². The number of carbonyl (C=O) groups is 1. The predicted molar refractivity (Wildman–Crippen MR) is 89.2 cm³/mol. The summed E-state index contributed by atoms with van der Waals surface area (Å²) in [7, 11) is 0.